The molecule has 31 heavy (non-hydrogen) atoms. The molecule has 3 rings (SSSR count). The number of aromatic nitrogens is 4. The third-order valence-electron chi connectivity index (χ3n) is 5.02. The summed E-state index contributed by atoms with van der Waals surface area (Å²) in [4.78, 5) is 40.4. The Balaban J connectivity index is 1.38. The molecule has 0 saturated carbocycles. The molecule has 0 unspecified atom stereocenters. The molecule has 0 saturated heterocycles. The second kappa shape index (κ2) is 10.0. The van der Waals surface area contributed by atoms with Crippen LogP contribution in [0.5, 0.6) is 0 Å². The van der Waals surface area contributed by atoms with E-state index in [0.717, 1.165) is 5.56 Å². The highest BCUT2D eigenvalue weighted by atomic mass is 16.5. The van der Waals surface area contributed by atoms with Gasteiger partial charge in [-0.2, -0.15) is 5.10 Å². The van der Waals surface area contributed by atoms with Crippen molar-refractivity contribution in [2.24, 2.45) is 7.05 Å². The van der Waals surface area contributed by atoms with Crippen molar-refractivity contribution in [1.29, 1.82) is 0 Å². The molecule has 9 heteroatoms. The lowest BCUT2D eigenvalue weighted by Crippen LogP contribution is -2.30. The summed E-state index contributed by atoms with van der Waals surface area (Å²) < 4.78 is 7.84. The average molecular weight is 425 g/mol. The van der Waals surface area contributed by atoms with E-state index < -0.39 is 5.97 Å². The fourth-order valence-electron chi connectivity index (χ4n) is 3.12. The van der Waals surface area contributed by atoms with Crippen LogP contribution in [-0.4, -0.2) is 44.4 Å². The fraction of sp³-hybridized carbons (Fsp3) is 0.409. The molecule has 1 aromatic carbocycles. The number of esters is 1. The minimum Gasteiger partial charge on any atom is -0.456 e. The highest BCUT2D eigenvalue weighted by molar-refractivity contribution is 5.80. The summed E-state index contributed by atoms with van der Waals surface area (Å²) >= 11 is 0. The van der Waals surface area contributed by atoms with E-state index in [0.29, 0.717) is 29.9 Å². The molecular weight excluding hydrogens is 398 g/mol. The predicted molar refractivity (Wildman–Crippen MR) is 116 cm³/mol. The molecule has 0 atom stereocenters. The Morgan fingerprint density at radius 2 is 1.94 bits per heavy atom. The van der Waals surface area contributed by atoms with Gasteiger partial charge < -0.3 is 10.1 Å². The smallest absolute Gasteiger partial charge is 0.308 e. The minimum absolute atomic E-state index is 0.0389. The van der Waals surface area contributed by atoms with E-state index in [1.54, 1.807) is 7.05 Å². The third-order valence-corrected chi connectivity index (χ3v) is 5.02. The maximum absolute atomic E-state index is 12.4. The van der Waals surface area contributed by atoms with E-state index >= 15 is 0 Å². The molecule has 0 radical (unpaired) electrons. The Bertz CT molecular complexity index is 1120. The van der Waals surface area contributed by atoms with Crippen LogP contribution in [-0.2, 0) is 34.3 Å². The minimum atomic E-state index is -0.558. The quantitative estimate of drug-likeness (QED) is 0.521. The summed E-state index contributed by atoms with van der Waals surface area (Å²) in [5.74, 6) is -0.433. The standard InChI is InChI=1S/C22H27N5O4/c1-15(2)17-6-4-16(5-7-17)8-10-23-19(28)13-31-20(29)9-11-27-14-24-21-18(22(27)30)12-25-26(21)3/h4-7,12,14-15H,8-11,13H2,1-3H3,(H,23,28). The first-order valence-electron chi connectivity index (χ1n) is 10.2. The zero-order valence-electron chi connectivity index (χ0n) is 18.0. The lowest BCUT2D eigenvalue weighted by molar-refractivity contribution is -0.148. The van der Waals surface area contributed by atoms with Crippen LogP contribution in [0.3, 0.4) is 0 Å². The molecule has 0 fully saturated rings. The number of carbonyl (C=O) groups excluding carboxylic acids is 2. The molecule has 2 aromatic heterocycles. The number of ether oxygens (including phenoxy) is 1. The first-order valence-corrected chi connectivity index (χ1v) is 10.2. The number of rotatable bonds is 9. The summed E-state index contributed by atoms with van der Waals surface area (Å²) in [7, 11) is 1.70. The largest absolute Gasteiger partial charge is 0.456 e. The van der Waals surface area contributed by atoms with Crippen molar-refractivity contribution in [1.82, 2.24) is 24.6 Å². The second-order valence-electron chi connectivity index (χ2n) is 7.66. The molecule has 9 nitrogen and oxygen atoms in total. The highest BCUT2D eigenvalue weighted by Crippen LogP contribution is 2.14. The zero-order chi connectivity index (χ0) is 22.4. The van der Waals surface area contributed by atoms with Crippen LogP contribution in [0.2, 0.25) is 0 Å². The van der Waals surface area contributed by atoms with E-state index in [1.807, 2.05) is 0 Å². The molecule has 2 heterocycles. The Morgan fingerprint density at radius 3 is 2.65 bits per heavy atom. The number of hydrogen-bond donors (Lipinski definition) is 1. The maximum atomic E-state index is 12.4. The van der Waals surface area contributed by atoms with Crippen LogP contribution in [0.4, 0.5) is 0 Å². The first kappa shape index (κ1) is 22.2. The highest BCUT2D eigenvalue weighted by Gasteiger charge is 2.11. The van der Waals surface area contributed by atoms with Crippen molar-refractivity contribution in [2.45, 2.75) is 39.2 Å². The number of fused-ring (bicyclic) bond motifs is 1. The molecule has 3 aromatic rings. The van der Waals surface area contributed by atoms with Crippen molar-refractivity contribution in [3.8, 4) is 0 Å². The normalized spacial score (nSPS) is 11.1. The van der Waals surface area contributed by atoms with Crippen molar-refractivity contribution >= 4 is 22.9 Å². The van der Waals surface area contributed by atoms with Crippen molar-refractivity contribution in [2.75, 3.05) is 13.2 Å². The number of aryl methyl sites for hydroxylation is 2. The second-order valence-corrected chi connectivity index (χ2v) is 7.66. The Morgan fingerprint density at radius 1 is 1.19 bits per heavy atom. The van der Waals surface area contributed by atoms with Gasteiger partial charge in [-0.05, 0) is 23.5 Å². The van der Waals surface area contributed by atoms with E-state index in [-0.39, 0.29) is 31.0 Å². The average Bonchev–Trinajstić information content (AvgIpc) is 3.13. The summed E-state index contributed by atoms with van der Waals surface area (Å²) in [6, 6.07) is 8.30. The van der Waals surface area contributed by atoms with Gasteiger partial charge in [0.05, 0.1) is 18.9 Å². The molecule has 0 aliphatic rings. The van der Waals surface area contributed by atoms with Crippen LogP contribution in [0, 0.1) is 0 Å². The van der Waals surface area contributed by atoms with Gasteiger partial charge in [-0.3, -0.25) is 23.6 Å². The van der Waals surface area contributed by atoms with E-state index in [1.165, 1.54) is 27.3 Å². The molecule has 0 aliphatic heterocycles. The SMILES string of the molecule is CC(C)c1ccc(CCNC(=O)COC(=O)CCn2cnc3c(cnn3C)c2=O)cc1. The van der Waals surface area contributed by atoms with Gasteiger partial charge in [0.1, 0.15) is 5.39 Å². The number of nitrogens with zero attached hydrogens (tertiary/aromatic N) is 4. The molecule has 1 N–H and O–H groups in total. The fourth-order valence-corrected chi connectivity index (χ4v) is 3.12. The number of amides is 1. The van der Waals surface area contributed by atoms with Crippen LogP contribution >= 0.6 is 0 Å². The van der Waals surface area contributed by atoms with Crippen molar-refractivity contribution in [3.63, 3.8) is 0 Å². The van der Waals surface area contributed by atoms with E-state index in [9.17, 15) is 14.4 Å². The van der Waals surface area contributed by atoms with E-state index in [4.69, 9.17) is 4.74 Å². The first-order chi connectivity index (χ1) is 14.8. The summed E-state index contributed by atoms with van der Waals surface area (Å²) in [5, 5.41) is 7.13. The summed E-state index contributed by atoms with van der Waals surface area (Å²) in [6.07, 6.45) is 3.48. The Kier molecular flexibility index (Phi) is 7.17. The van der Waals surface area contributed by atoms with Crippen LogP contribution in [0.25, 0.3) is 11.0 Å². The van der Waals surface area contributed by atoms with Gasteiger partial charge >= 0.3 is 5.97 Å². The number of nitrogens with one attached hydrogen (secondary N) is 1. The number of benzene rings is 1. The van der Waals surface area contributed by atoms with Gasteiger partial charge in [0.25, 0.3) is 11.5 Å². The van der Waals surface area contributed by atoms with Crippen LogP contribution in [0.1, 0.15) is 37.3 Å². The molecule has 1 amide bonds. The monoisotopic (exact) mass is 425 g/mol. The van der Waals surface area contributed by atoms with Gasteiger partial charge in [0.15, 0.2) is 12.3 Å². The van der Waals surface area contributed by atoms with E-state index in [2.05, 4.69) is 53.5 Å². The van der Waals surface area contributed by atoms with Gasteiger partial charge in [-0.15, -0.1) is 0 Å². The summed E-state index contributed by atoms with van der Waals surface area (Å²) in [6.45, 7) is 4.52. The lowest BCUT2D eigenvalue weighted by atomic mass is 10.0. The van der Waals surface area contributed by atoms with Gasteiger partial charge in [0, 0.05) is 20.1 Å². The topological polar surface area (TPSA) is 108 Å². The zero-order valence-corrected chi connectivity index (χ0v) is 18.0. The molecule has 0 spiro atoms. The van der Waals surface area contributed by atoms with Gasteiger partial charge in [0.2, 0.25) is 0 Å². The maximum Gasteiger partial charge on any atom is 0.308 e. The molecule has 0 bridgehead atoms. The van der Waals surface area contributed by atoms with Crippen LogP contribution < -0.4 is 10.9 Å². The molecule has 164 valence electrons. The number of hydrogen-bond acceptors (Lipinski definition) is 6. The Labute approximate surface area is 180 Å². The summed E-state index contributed by atoms with van der Waals surface area (Å²) in [5.41, 5.74) is 2.62. The Hall–Kier alpha value is -3.49. The predicted octanol–water partition coefficient (Wildman–Crippen LogP) is 1.55. The van der Waals surface area contributed by atoms with Crippen molar-refractivity contribution in [3.05, 3.63) is 58.3 Å². The lowest BCUT2D eigenvalue weighted by Gasteiger charge is -2.09. The van der Waals surface area contributed by atoms with Crippen molar-refractivity contribution < 1.29 is 14.3 Å². The molecular formula is C22H27N5O4. The third kappa shape index (κ3) is 5.78. The van der Waals surface area contributed by atoms with Crippen LogP contribution in [0.15, 0.2) is 41.6 Å². The molecule has 0 aliphatic carbocycles. The number of carbonyl (C=O) groups is 2. The van der Waals surface area contributed by atoms with Gasteiger partial charge in [-0.1, -0.05) is 38.1 Å². The van der Waals surface area contributed by atoms with Gasteiger partial charge in [-0.25, -0.2) is 4.98 Å².